The monoisotopic (exact) mass is 270 g/mol. The average molecular weight is 271 g/mol. The zero-order chi connectivity index (χ0) is 12.1. The largest absolute Gasteiger partial charge is 0.273 e. The van der Waals surface area contributed by atoms with E-state index < -0.39 is 0 Å². The van der Waals surface area contributed by atoms with Gasteiger partial charge in [0.05, 0.1) is 10.6 Å². The third kappa shape index (κ3) is 3.82. The molecule has 0 aromatic carbocycles. The maximum atomic E-state index is 11.7. The van der Waals surface area contributed by atoms with Gasteiger partial charge in [-0.15, -0.1) is 11.3 Å². The van der Waals surface area contributed by atoms with Gasteiger partial charge in [-0.2, -0.15) is 5.10 Å². The maximum Gasteiger partial charge on any atom is 0.243 e. The van der Waals surface area contributed by atoms with Crippen LogP contribution in [0.4, 0.5) is 0 Å². The molecule has 1 N–H and O–H groups in total. The summed E-state index contributed by atoms with van der Waals surface area (Å²) in [6.45, 7) is 0. The van der Waals surface area contributed by atoms with Gasteiger partial charge in [0.2, 0.25) is 5.91 Å². The molecule has 5 heteroatoms. The predicted molar refractivity (Wildman–Crippen MR) is 71.6 cm³/mol. The minimum absolute atomic E-state index is 0.0450. The second-order valence-corrected chi connectivity index (χ2v) is 5.96. The number of hydrogen-bond donors (Lipinski definition) is 1. The zero-order valence-electron chi connectivity index (χ0n) is 9.49. The number of nitrogens with one attached hydrogen (secondary N) is 1. The number of hydrogen-bond acceptors (Lipinski definition) is 3. The number of rotatable bonds is 3. The van der Waals surface area contributed by atoms with Crippen LogP contribution in [0.2, 0.25) is 4.34 Å². The molecule has 92 valence electrons. The van der Waals surface area contributed by atoms with Gasteiger partial charge in [-0.3, -0.25) is 4.79 Å². The van der Waals surface area contributed by atoms with Gasteiger partial charge in [-0.25, -0.2) is 5.43 Å². The molecule has 1 aromatic heterocycles. The van der Waals surface area contributed by atoms with E-state index in [0.29, 0.717) is 0 Å². The summed E-state index contributed by atoms with van der Waals surface area (Å²) in [6, 6.07) is 3.69. The molecule has 1 saturated carbocycles. The molecule has 1 aliphatic carbocycles. The Morgan fingerprint density at radius 1 is 1.41 bits per heavy atom. The lowest BCUT2D eigenvalue weighted by molar-refractivity contribution is -0.125. The van der Waals surface area contributed by atoms with Gasteiger partial charge in [0, 0.05) is 10.8 Å². The predicted octanol–water partition coefficient (Wildman–Crippen LogP) is 3.43. The average Bonchev–Trinajstić information content (AvgIpc) is 2.76. The van der Waals surface area contributed by atoms with E-state index in [1.807, 2.05) is 12.1 Å². The highest BCUT2D eigenvalue weighted by molar-refractivity contribution is 7.17. The van der Waals surface area contributed by atoms with Gasteiger partial charge in [0.15, 0.2) is 0 Å². The highest BCUT2D eigenvalue weighted by Crippen LogP contribution is 2.23. The highest BCUT2D eigenvalue weighted by Gasteiger charge is 2.20. The minimum Gasteiger partial charge on any atom is -0.273 e. The molecule has 1 heterocycles. The van der Waals surface area contributed by atoms with E-state index in [4.69, 9.17) is 11.6 Å². The molecule has 1 amide bonds. The molecule has 17 heavy (non-hydrogen) atoms. The molecule has 3 nitrogen and oxygen atoms in total. The quantitative estimate of drug-likeness (QED) is 0.663. The fourth-order valence-corrected chi connectivity index (χ4v) is 2.95. The third-order valence-electron chi connectivity index (χ3n) is 2.94. The number of amides is 1. The summed E-state index contributed by atoms with van der Waals surface area (Å²) >= 11 is 7.23. The van der Waals surface area contributed by atoms with Crippen LogP contribution < -0.4 is 5.43 Å². The Balaban J connectivity index is 1.81. The first-order valence-corrected chi connectivity index (χ1v) is 7.03. The second-order valence-electron chi connectivity index (χ2n) is 4.21. The van der Waals surface area contributed by atoms with Crippen molar-refractivity contribution in [3.05, 3.63) is 21.3 Å². The molecule has 1 aliphatic rings. The van der Waals surface area contributed by atoms with Gasteiger partial charge < -0.3 is 0 Å². The Labute approximate surface area is 110 Å². The van der Waals surface area contributed by atoms with Crippen LogP contribution in [0, 0.1) is 5.92 Å². The van der Waals surface area contributed by atoms with Crippen LogP contribution >= 0.6 is 22.9 Å². The van der Waals surface area contributed by atoms with E-state index in [9.17, 15) is 4.79 Å². The Kier molecular flexibility index (Phi) is 4.57. The van der Waals surface area contributed by atoms with Crippen molar-refractivity contribution < 1.29 is 4.79 Å². The molecule has 0 aliphatic heterocycles. The molecule has 1 aromatic rings. The van der Waals surface area contributed by atoms with Crippen molar-refractivity contribution in [3.8, 4) is 0 Å². The first-order valence-electron chi connectivity index (χ1n) is 5.84. The summed E-state index contributed by atoms with van der Waals surface area (Å²) in [7, 11) is 0. The Bertz CT molecular complexity index is 410. The smallest absolute Gasteiger partial charge is 0.243 e. The van der Waals surface area contributed by atoms with Crippen molar-refractivity contribution in [2.75, 3.05) is 0 Å². The highest BCUT2D eigenvalue weighted by atomic mass is 35.5. The SMILES string of the molecule is O=C(NN=Cc1ccc(Cl)s1)C1CCCCC1. The molecule has 0 saturated heterocycles. The summed E-state index contributed by atoms with van der Waals surface area (Å²) in [6.07, 6.45) is 7.18. The lowest BCUT2D eigenvalue weighted by Gasteiger charge is -2.19. The van der Waals surface area contributed by atoms with Crippen molar-refractivity contribution in [2.45, 2.75) is 32.1 Å². The van der Waals surface area contributed by atoms with Gasteiger partial charge in [0.1, 0.15) is 0 Å². The summed E-state index contributed by atoms with van der Waals surface area (Å²) in [5.41, 5.74) is 2.60. The molecule has 0 spiro atoms. The molecule has 0 unspecified atom stereocenters. The summed E-state index contributed by atoms with van der Waals surface area (Å²) in [4.78, 5) is 12.7. The van der Waals surface area contributed by atoms with Crippen molar-refractivity contribution in [1.29, 1.82) is 0 Å². The number of hydrazone groups is 1. The van der Waals surface area contributed by atoms with Crippen LogP contribution in [0.5, 0.6) is 0 Å². The lowest BCUT2D eigenvalue weighted by atomic mass is 9.89. The number of carbonyl (C=O) groups excluding carboxylic acids is 1. The second kappa shape index (κ2) is 6.17. The minimum atomic E-state index is 0.0450. The van der Waals surface area contributed by atoms with E-state index in [1.165, 1.54) is 17.8 Å². The maximum absolute atomic E-state index is 11.7. The van der Waals surface area contributed by atoms with Crippen LogP contribution in [0.25, 0.3) is 0 Å². The first-order chi connectivity index (χ1) is 8.25. The topological polar surface area (TPSA) is 41.5 Å². The van der Waals surface area contributed by atoms with Gasteiger partial charge >= 0.3 is 0 Å². The molecule has 0 bridgehead atoms. The number of halogens is 1. The van der Waals surface area contributed by atoms with E-state index in [1.54, 1.807) is 6.21 Å². The molecule has 0 atom stereocenters. The van der Waals surface area contributed by atoms with Crippen molar-refractivity contribution in [1.82, 2.24) is 5.43 Å². The van der Waals surface area contributed by atoms with Gasteiger partial charge in [-0.05, 0) is 25.0 Å². The van der Waals surface area contributed by atoms with E-state index >= 15 is 0 Å². The summed E-state index contributed by atoms with van der Waals surface area (Å²) in [5, 5.41) is 3.96. The molecule has 1 fully saturated rings. The third-order valence-corrected chi connectivity index (χ3v) is 4.10. The Morgan fingerprint density at radius 2 is 2.18 bits per heavy atom. The number of carbonyl (C=O) groups is 1. The van der Waals surface area contributed by atoms with Crippen LogP contribution in [0.3, 0.4) is 0 Å². The molecular weight excluding hydrogens is 256 g/mol. The summed E-state index contributed by atoms with van der Waals surface area (Å²) < 4.78 is 0.727. The normalized spacial score (nSPS) is 17.5. The standard InChI is InChI=1S/C12H15ClN2OS/c13-11-7-6-10(17-11)8-14-15-12(16)9-4-2-1-3-5-9/h6-9H,1-5H2,(H,15,16). The Hall–Kier alpha value is -0.870. The van der Waals surface area contributed by atoms with Crippen molar-refractivity contribution in [2.24, 2.45) is 11.0 Å². The first kappa shape index (κ1) is 12.6. The van der Waals surface area contributed by atoms with Crippen LogP contribution in [0.1, 0.15) is 37.0 Å². The Morgan fingerprint density at radius 3 is 2.82 bits per heavy atom. The summed E-state index contributed by atoms with van der Waals surface area (Å²) in [5.74, 6) is 0.191. The van der Waals surface area contributed by atoms with Crippen molar-refractivity contribution >= 4 is 35.1 Å². The van der Waals surface area contributed by atoms with Crippen molar-refractivity contribution in [3.63, 3.8) is 0 Å². The van der Waals surface area contributed by atoms with E-state index in [0.717, 1.165) is 34.9 Å². The molecule has 2 rings (SSSR count). The fraction of sp³-hybridized carbons (Fsp3) is 0.500. The van der Waals surface area contributed by atoms with Crippen LogP contribution in [-0.2, 0) is 4.79 Å². The molecule has 0 radical (unpaired) electrons. The van der Waals surface area contributed by atoms with Gasteiger partial charge in [-0.1, -0.05) is 30.9 Å². The van der Waals surface area contributed by atoms with E-state index in [2.05, 4.69) is 10.5 Å². The van der Waals surface area contributed by atoms with Crippen LogP contribution in [0.15, 0.2) is 17.2 Å². The fourth-order valence-electron chi connectivity index (χ4n) is 2.01. The number of nitrogens with zero attached hydrogens (tertiary/aromatic N) is 1. The van der Waals surface area contributed by atoms with Crippen LogP contribution in [-0.4, -0.2) is 12.1 Å². The molecular formula is C12H15ClN2OS. The number of thiophene rings is 1. The van der Waals surface area contributed by atoms with Gasteiger partial charge in [0.25, 0.3) is 0 Å². The zero-order valence-corrected chi connectivity index (χ0v) is 11.1. The van der Waals surface area contributed by atoms with E-state index in [-0.39, 0.29) is 11.8 Å². The lowest BCUT2D eigenvalue weighted by Crippen LogP contribution is -2.28.